The van der Waals surface area contributed by atoms with E-state index in [2.05, 4.69) is 26.6 Å². The molecule has 25 heavy (non-hydrogen) atoms. The van der Waals surface area contributed by atoms with Gasteiger partial charge in [0, 0.05) is 38.9 Å². The Balaban J connectivity index is 1.47. The largest absolute Gasteiger partial charge is 0.381 e. The zero-order valence-corrected chi connectivity index (χ0v) is 16.0. The summed E-state index contributed by atoms with van der Waals surface area (Å²) in [6.07, 6.45) is 13.8. The van der Waals surface area contributed by atoms with Gasteiger partial charge < -0.3 is 15.4 Å². The van der Waals surface area contributed by atoms with Crippen LogP contribution in [0, 0.1) is 0 Å². The third kappa shape index (κ3) is 5.20. The molecule has 0 saturated carbocycles. The Kier molecular flexibility index (Phi) is 7.17. The lowest BCUT2D eigenvalue weighted by molar-refractivity contribution is -0.0164. The van der Waals surface area contributed by atoms with Gasteiger partial charge in [0.2, 0.25) is 0 Å². The van der Waals surface area contributed by atoms with E-state index in [0.717, 1.165) is 51.5 Å². The minimum absolute atomic E-state index is 0.248. The summed E-state index contributed by atoms with van der Waals surface area (Å²) in [7, 11) is 1.88. The number of hydrogen-bond donors (Lipinski definition) is 2. The topological polar surface area (TPSA) is 48.9 Å². The van der Waals surface area contributed by atoms with Crippen LogP contribution in [0.2, 0.25) is 0 Å². The van der Waals surface area contributed by atoms with Crippen molar-refractivity contribution >= 4 is 5.96 Å². The number of ether oxygens (including phenoxy) is 1. The fraction of sp³-hybridized carbons (Fsp3) is 0.850. The SMILES string of the molecule is CN=C(NCCC1=CCCCC1)NCC1(N2CCCC2)CCOCC1. The van der Waals surface area contributed by atoms with Crippen molar-refractivity contribution in [2.24, 2.45) is 4.99 Å². The van der Waals surface area contributed by atoms with E-state index in [1.807, 2.05) is 7.05 Å². The number of allylic oxidation sites excluding steroid dienone is 1. The smallest absolute Gasteiger partial charge is 0.191 e. The Morgan fingerprint density at radius 1 is 1.16 bits per heavy atom. The molecule has 0 aromatic heterocycles. The van der Waals surface area contributed by atoms with Crippen molar-refractivity contribution in [1.29, 1.82) is 0 Å². The Hall–Kier alpha value is -1.07. The third-order valence-corrected chi connectivity index (χ3v) is 6.13. The molecule has 3 aliphatic rings. The Morgan fingerprint density at radius 3 is 2.64 bits per heavy atom. The van der Waals surface area contributed by atoms with E-state index in [-0.39, 0.29) is 5.54 Å². The van der Waals surface area contributed by atoms with Crippen LogP contribution >= 0.6 is 0 Å². The molecule has 0 radical (unpaired) electrons. The molecule has 0 bridgehead atoms. The van der Waals surface area contributed by atoms with Crippen molar-refractivity contribution in [1.82, 2.24) is 15.5 Å². The lowest BCUT2D eigenvalue weighted by Crippen LogP contribution is -2.58. The van der Waals surface area contributed by atoms with E-state index in [0.29, 0.717) is 0 Å². The highest BCUT2D eigenvalue weighted by molar-refractivity contribution is 5.79. The molecule has 2 N–H and O–H groups in total. The zero-order valence-electron chi connectivity index (χ0n) is 16.0. The van der Waals surface area contributed by atoms with Crippen molar-refractivity contribution in [3.8, 4) is 0 Å². The average molecular weight is 349 g/mol. The summed E-state index contributed by atoms with van der Waals surface area (Å²) >= 11 is 0. The van der Waals surface area contributed by atoms with Crippen molar-refractivity contribution < 1.29 is 4.74 Å². The molecular formula is C20H36N4O. The molecule has 2 saturated heterocycles. The van der Waals surface area contributed by atoms with E-state index >= 15 is 0 Å². The predicted octanol–water partition coefficient (Wildman–Crippen LogP) is 2.69. The standard InChI is InChI=1S/C20H36N4O/c1-21-19(22-12-9-18-7-3-2-4-8-18)23-17-20(10-15-25-16-11-20)24-13-5-6-14-24/h7H,2-6,8-17H2,1H3,(H2,21,22,23). The van der Waals surface area contributed by atoms with Crippen molar-refractivity contribution in [2.75, 3.05) is 46.4 Å². The first kappa shape index (κ1) is 18.7. The molecule has 0 amide bonds. The second-order valence-corrected chi connectivity index (χ2v) is 7.74. The number of likely N-dealkylation sites (tertiary alicyclic amines) is 1. The third-order valence-electron chi connectivity index (χ3n) is 6.13. The fourth-order valence-corrected chi connectivity index (χ4v) is 4.49. The minimum atomic E-state index is 0.248. The van der Waals surface area contributed by atoms with Crippen LogP contribution in [0.15, 0.2) is 16.6 Å². The van der Waals surface area contributed by atoms with Gasteiger partial charge in [0.05, 0.1) is 0 Å². The van der Waals surface area contributed by atoms with Crippen LogP contribution in [0.4, 0.5) is 0 Å². The highest BCUT2D eigenvalue weighted by atomic mass is 16.5. The summed E-state index contributed by atoms with van der Waals surface area (Å²) in [6.45, 7) is 6.20. The molecule has 0 spiro atoms. The molecule has 0 aromatic carbocycles. The summed E-state index contributed by atoms with van der Waals surface area (Å²) in [6, 6.07) is 0. The molecule has 5 heteroatoms. The second-order valence-electron chi connectivity index (χ2n) is 7.74. The Bertz CT molecular complexity index is 462. The van der Waals surface area contributed by atoms with Crippen molar-refractivity contribution in [2.45, 2.75) is 63.3 Å². The lowest BCUT2D eigenvalue weighted by atomic mass is 9.88. The van der Waals surface area contributed by atoms with E-state index in [4.69, 9.17) is 4.74 Å². The normalized spacial score (nSPS) is 24.8. The van der Waals surface area contributed by atoms with Crippen LogP contribution in [0.3, 0.4) is 0 Å². The number of aliphatic imine (C=N–C) groups is 1. The molecule has 0 atom stereocenters. The first-order chi connectivity index (χ1) is 12.3. The minimum Gasteiger partial charge on any atom is -0.381 e. The summed E-state index contributed by atoms with van der Waals surface area (Å²) in [4.78, 5) is 7.14. The number of nitrogens with one attached hydrogen (secondary N) is 2. The van der Waals surface area contributed by atoms with Gasteiger partial charge in [-0.15, -0.1) is 0 Å². The first-order valence-electron chi connectivity index (χ1n) is 10.3. The maximum absolute atomic E-state index is 5.64. The maximum Gasteiger partial charge on any atom is 0.191 e. The van der Waals surface area contributed by atoms with Crippen molar-refractivity contribution in [3.63, 3.8) is 0 Å². The molecule has 3 rings (SSSR count). The quantitative estimate of drug-likeness (QED) is 0.440. The highest BCUT2D eigenvalue weighted by Gasteiger charge is 2.39. The van der Waals surface area contributed by atoms with Crippen LogP contribution in [-0.4, -0.2) is 62.8 Å². The fourth-order valence-electron chi connectivity index (χ4n) is 4.49. The summed E-state index contributed by atoms with van der Waals surface area (Å²) in [5.41, 5.74) is 1.87. The van der Waals surface area contributed by atoms with Gasteiger partial charge in [0.1, 0.15) is 0 Å². The number of guanidine groups is 1. The van der Waals surface area contributed by atoms with Gasteiger partial charge in [-0.05, 0) is 70.9 Å². The van der Waals surface area contributed by atoms with E-state index in [1.54, 1.807) is 5.57 Å². The predicted molar refractivity (Wildman–Crippen MR) is 104 cm³/mol. The van der Waals surface area contributed by atoms with Crippen LogP contribution < -0.4 is 10.6 Å². The molecule has 2 heterocycles. The van der Waals surface area contributed by atoms with Gasteiger partial charge >= 0.3 is 0 Å². The first-order valence-corrected chi connectivity index (χ1v) is 10.3. The molecule has 0 aromatic rings. The highest BCUT2D eigenvalue weighted by Crippen LogP contribution is 2.30. The summed E-state index contributed by atoms with van der Waals surface area (Å²) in [5.74, 6) is 0.946. The molecule has 1 aliphatic carbocycles. The van der Waals surface area contributed by atoms with E-state index < -0.39 is 0 Å². The van der Waals surface area contributed by atoms with E-state index in [1.165, 1.54) is 51.6 Å². The van der Waals surface area contributed by atoms with Crippen LogP contribution in [0.5, 0.6) is 0 Å². The monoisotopic (exact) mass is 348 g/mol. The molecule has 2 fully saturated rings. The van der Waals surface area contributed by atoms with Crippen LogP contribution in [0.25, 0.3) is 0 Å². The lowest BCUT2D eigenvalue weighted by Gasteiger charge is -2.45. The maximum atomic E-state index is 5.64. The van der Waals surface area contributed by atoms with Gasteiger partial charge in [-0.1, -0.05) is 11.6 Å². The molecule has 142 valence electrons. The van der Waals surface area contributed by atoms with Crippen LogP contribution in [-0.2, 0) is 4.74 Å². The molecule has 2 aliphatic heterocycles. The van der Waals surface area contributed by atoms with Gasteiger partial charge in [0.25, 0.3) is 0 Å². The van der Waals surface area contributed by atoms with Gasteiger partial charge in [0.15, 0.2) is 5.96 Å². The number of nitrogens with zero attached hydrogens (tertiary/aromatic N) is 2. The molecule has 5 nitrogen and oxygen atoms in total. The van der Waals surface area contributed by atoms with Crippen LogP contribution in [0.1, 0.15) is 57.8 Å². The van der Waals surface area contributed by atoms with E-state index in [9.17, 15) is 0 Å². The summed E-state index contributed by atoms with van der Waals surface area (Å²) in [5, 5.41) is 7.13. The average Bonchev–Trinajstić information content (AvgIpc) is 3.21. The van der Waals surface area contributed by atoms with Gasteiger partial charge in [-0.3, -0.25) is 9.89 Å². The summed E-state index contributed by atoms with van der Waals surface area (Å²) < 4.78 is 5.64. The zero-order chi connectivity index (χ0) is 17.4. The van der Waals surface area contributed by atoms with Gasteiger partial charge in [-0.2, -0.15) is 0 Å². The number of hydrogen-bond acceptors (Lipinski definition) is 3. The Morgan fingerprint density at radius 2 is 1.96 bits per heavy atom. The number of rotatable bonds is 6. The van der Waals surface area contributed by atoms with Crippen molar-refractivity contribution in [3.05, 3.63) is 11.6 Å². The van der Waals surface area contributed by atoms with Gasteiger partial charge in [-0.25, -0.2) is 0 Å². The Labute approximate surface area is 153 Å². The second kappa shape index (κ2) is 9.58. The molecular weight excluding hydrogens is 312 g/mol. The molecule has 0 unspecified atom stereocenters.